The van der Waals surface area contributed by atoms with Gasteiger partial charge in [0.1, 0.15) is 0 Å². The molecule has 0 unspecified atom stereocenters. The van der Waals surface area contributed by atoms with Crippen molar-refractivity contribution in [3.8, 4) is 22.5 Å². The second-order valence-corrected chi connectivity index (χ2v) is 8.65. The van der Waals surface area contributed by atoms with Gasteiger partial charge in [-0.1, -0.05) is 42.1 Å². The molecule has 2 heterocycles. The summed E-state index contributed by atoms with van der Waals surface area (Å²) in [6.07, 6.45) is 2.21. The van der Waals surface area contributed by atoms with Gasteiger partial charge < -0.3 is 9.88 Å². The van der Waals surface area contributed by atoms with Crippen LogP contribution in [0.4, 0.5) is 0 Å². The second-order valence-electron chi connectivity index (χ2n) is 6.63. The van der Waals surface area contributed by atoms with Crippen molar-refractivity contribution in [1.82, 2.24) is 20.1 Å². The molecule has 1 aliphatic carbocycles. The number of thiophene rings is 1. The molecule has 7 heteroatoms. The summed E-state index contributed by atoms with van der Waals surface area (Å²) >= 11 is 3.18. The minimum Gasteiger partial charge on any atom is -0.353 e. The molecule has 140 valence electrons. The predicted molar refractivity (Wildman–Crippen MR) is 111 cm³/mol. The highest BCUT2D eigenvalue weighted by Gasteiger charge is 2.24. The van der Waals surface area contributed by atoms with Gasteiger partial charge in [-0.05, 0) is 32.3 Å². The number of hydrogen-bond donors (Lipinski definition) is 1. The number of thioether (sulfide) groups is 1. The molecule has 0 spiro atoms. The number of nitrogens with zero attached hydrogens (tertiary/aromatic N) is 3. The Labute approximate surface area is 167 Å². The highest BCUT2D eigenvalue weighted by Crippen LogP contribution is 2.39. The van der Waals surface area contributed by atoms with Gasteiger partial charge >= 0.3 is 0 Å². The van der Waals surface area contributed by atoms with Gasteiger partial charge in [-0.25, -0.2) is 0 Å². The van der Waals surface area contributed by atoms with E-state index in [1.807, 2.05) is 6.07 Å². The molecule has 1 amide bonds. The summed E-state index contributed by atoms with van der Waals surface area (Å²) in [5.74, 6) is 1.32. The van der Waals surface area contributed by atoms with Crippen LogP contribution in [0.3, 0.4) is 0 Å². The van der Waals surface area contributed by atoms with E-state index in [0.29, 0.717) is 11.8 Å². The fourth-order valence-corrected chi connectivity index (χ4v) is 4.77. The maximum absolute atomic E-state index is 12.0. The van der Waals surface area contributed by atoms with Crippen LogP contribution in [0.2, 0.25) is 0 Å². The van der Waals surface area contributed by atoms with E-state index in [1.165, 1.54) is 27.8 Å². The molecule has 1 aromatic carbocycles. The third kappa shape index (κ3) is 3.94. The number of rotatable bonds is 7. The van der Waals surface area contributed by atoms with E-state index in [1.54, 1.807) is 11.3 Å². The molecule has 27 heavy (non-hydrogen) atoms. The lowest BCUT2D eigenvalue weighted by atomic mass is 10.0. The van der Waals surface area contributed by atoms with E-state index in [2.05, 4.69) is 63.6 Å². The van der Waals surface area contributed by atoms with Crippen LogP contribution in [0.25, 0.3) is 22.5 Å². The first kappa shape index (κ1) is 18.3. The Bertz CT molecular complexity index is 944. The van der Waals surface area contributed by atoms with E-state index in [-0.39, 0.29) is 5.91 Å². The third-order valence-electron chi connectivity index (χ3n) is 4.59. The van der Waals surface area contributed by atoms with Gasteiger partial charge in [-0.15, -0.1) is 21.5 Å². The molecule has 0 aliphatic heterocycles. The third-order valence-corrected chi connectivity index (χ3v) is 6.46. The summed E-state index contributed by atoms with van der Waals surface area (Å²) in [7, 11) is 0. The normalized spacial score (nSPS) is 13.7. The standard InChI is InChI=1S/C20H22N4OS2/c1-3-24-19(22-23-20(24)27-12-17(25)21-15-9-10-15)16-11-26-13(2)18(16)14-7-5-4-6-8-14/h4-8,11,15H,3,9-10,12H2,1-2H3,(H,21,25). The molecule has 3 aromatic rings. The number of benzene rings is 1. The second kappa shape index (κ2) is 7.86. The van der Waals surface area contributed by atoms with Gasteiger partial charge in [0.05, 0.1) is 5.75 Å². The number of aromatic nitrogens is 3. The number of carbonyl (C=O) groups excluding carboxylic acids is 1. The van der Waals surface area contributed by atoms with Crippen molar-refractivity contribution in [1.29, 1.82) is 0 Å². The maximum atomic E-state index is 12.0. The Morgan fingerprint density at radius 1 is 1.30 bits per heavy atom. The molecule has 1 N–H and O–H groups in total. The van der Waals surface area contributed by atoms with Crippen molar-refractivity contribution in [3.05, 3.63) is 40.6 Å². The summed E-state index contributed by atoms with van der Waals surface area (Å²) in [6.45, 7) is 4.99. The number of nitrogens with one attached hydrogen (secondary N) is 1. The van der Waals surface area contributed by atoms with E-state index >= 15 is 0 Å². The Hall–Kier alpha value is -2.12. The van der Waals surface area contributed by atoms with Crippen LogP contribution in [-0.4, -0.2) is 32.5 Å². The van der Waals surface area contributed by atoms with Crippen LogP contribution in [-0.2, 0) is 11.3 Å². The number of amides is 1. The minimum absolute atomic E-state index is 0.0751. The molecule has 4 rings (SSSR count). The van der Waals surface area contributed by atoms with Crippen LogP contribution in [0.15, 0.2) is 40.9 Å². The number of carbonyl (C=O) groups is 1. The van der Waals surface area contributed by atoms with Gasteiger partial charge in [0.2, 0.25) is 5.91 Å². The fraction of sp³-hybridized carbons (Fsp3) is 0.350. The van der Waals surface area contributed by atoms with Gasteiger partial charge in [0.25, 0.3) is 0 Å². The predicted octanol–water partition coefficient (Wildman–Crippen LogP) is 4.37. The molecular weight excluding hydrogens is 376 g/mol. The first-order valence-corrected chi connectivity index (χ1v) is 11.0. The molecule has 1 fully saturated rings. The monoisotopic (exact) mass is 398 g/mol. The molecule has 0 bridgehead atoms. The molecule has 5 nitrogen and oxygen atoms in total. The SMILES string of the molecule is CCn1c(SCC(=O)NC2CC2)nnc1-c1csc(C)c1-c1ccccc1. The van der Waals surface area contributed by atoms with Crippen molar-refractivity contribution < 1.29 is 4.79 Å². The lowest BCUT2D eigenvalue weighted by Gasteiger charge is -2.09. The Balaban J connectivity index is 1.61. The van der Waals surface area contributed by atoms with E-state index in [9.17, 15) is 4.79 Å². The van der Waals surface area contributed by atoms with Crippen molar-refractivity contribution in [2.45, 2.75) is 44.4 Å². The minimum atomic E-state index is 0.0751. The lowest BCUT2D eigenvalue weighted by Crippen LogP contribution is -2.27. The van der Waals surface area contributed by atoms with Gasteiger partial charge in [-0.2, -0.15) is 0 Å². The lowest BCUT2D eigenvalue weighted by molar-refractivity contribution is -0.118. The summed E-state index contributed by atoms with van der Waals surface area (Å²) in [5, 5.41) is 14.8. The maximum Gasteiger partial charge on any atom is 0.230 e. The first-order valence-electron chi connectivity index (χ1n) is 9.16. The van der Waals surface area contributed by atoms with Gasteiger partial charge in [-0.3, -0.25) is 4.79 Å². The summed E-state index contributed by atoms with van der Waals surface area (Å²) in [6, 6.07) is 10.8. The molecular formula is C20H22N4OS2. The average Bonchev–Trinajstić information content (AvgIpc) is 3.27. The highest BCUT2D eigenvalue weighted by molar-refractivity contribution is 7.99. The Kier molecular flexibility index (Phi) is 5.31. The Morgan fingerprint density at radius 2 is 2.07 bits per heavy atom. The molecule has 0 atom stereocenters. The molecule has 0 radical (unpaired) electrons. The fourth-order valence-electron chi connectivity index (χ4n) is 3.09. The van der Waals surface area contributed by atoms with E-state index < -0.39 is 0 Å². The van der Waals surface area contributed by atoms with Crippen molar-refractivity contribution in [3.63, 3.8) is 0 Å². The average molecular weight is 399 g/mol. The number of aryl methyl sites for hydroxylation is 1. The summed E-state index contributed by atoms with van der Waals surface area (Å²) in [5.41, 5.74) is 3.51. The largest absolute Gasteiger partial charge is 0.353 e. The molecule has 2 aromatic heterocycles. The molecule has 1 aliphatic rings. The van der Waals surface area contributed by atoms with Crippen molar-refractivity contribution in [2.24, 2.45) is 0 Å². The first-order chi connectivity index (χ1) is 13.2. The van der Waals surface area contributed by atoms with E-state index in [0.717, 1.165) is 35.9 Å². The van der Waals surface area contributed by atoms with Crippen LogP contribution in [0, 0.1) is 6.92 Å². The van der Waals surface area contributed by atoms with Gasteiger partial charge in [0.15, 0.2) is 11.0 Å². The smallest absolute Gasteiger partial charge is 0.230 e. The molecule has 0 saturated heterocycles. The van der Waals surface area contributed by atoms with E-state index in [4.69, 9.17) is 0 Å². The highest BCUT2D eigenvalue weighted by atomic mass is 32.2. The Morgan fingerprint density at radius 3 is 2.78 bits per heavy atom. The van der Waals surface area contributed by atoms with Crippen LogP contribution in [0.5, 0.6) is 0 Å². The summed E-state index contributed by atoms with van der Waals surface area (Å²) in [4.78, 5) is 13.3. The van der Waals surface area contributed by atoms with Crippen LogP contribution >= 0.6 is 23.1 Å². The zero-order valence-corrected chi connectivity index (χ0v) is 17.1. The summed E-state index contributed by atoms with van der Waals surface area (Å²) < 4.78 is 2.10. The quantitative estimate of drug-likeness (QED) is 0.600. The number of hydrogen-bond acceptors (Lipinski definition) is 5. The molecule has 1 saturated carbocycles. The zero-order valence-electron chi connectivity index (χ0n) is 15.4. The topological polar surface area (TPSA) is 59.8 Å². The van der Waals surface area contributed by atoms with Crippen molar-refractivity contribution >= 4 is 29.0 Å². The van der Waals surface area contributed by atoms with Crippen LogP contribution in [0.1, 0.15) is 24.6 Å². The van der Waals surface area contributed by atoms with Crippen LogP contribution < -0.4 is 5.32 Å². The van der Waals surface area contributed by atoms with Gasteiger partial charge in [0, 0.05) is 34.0 Å². The van der Waals surface area contributed by atoms with Crippen molar-refractivity contribution in [2.75, 3.05) is 5.75 Å². The zero-order chi connectivity index (χ0) is 18.8.